The van der Waals surface area contributed by atoms with Crippen molar-refractivity contribution >= 4 is 17.5 Å². The first-order chi connectivity index (χ1) is 12.7. The van der Waals surface area contributed by atoms with Crippen molar-refractivity contribution in [3.63, 3.8) is 0 Å². The van der Waals surface area contributed by atoms with Crippen molar-refractivity contribution in [1.29, 1.82) is 0 Å². The number of hydrogen-bond donors (Lipinski definition) is 0. The zero-order valence-corrected chi connectivity index (χ0v) is 14.9. The van der Waals surface area contributed by atoms with E-state index in [1.807, 2.05) is 46.2 Å². The highest BCUT2D eigenvalue weighted by atomic mass is 16.2. The number of aryl methyl sites for hydroxylation is 1. The smallest absolute Gasteiger partial charge is 0.232 e. The average molecular weight is 348 g/mol. The molecule has 0 saturated carbocycles. The number of hydrogen-bond acceptors (Lipinski definition) is 2. The first-order valence-corrected chi connectivity index (χ1v) is 9.43. The molecule has 26 heavy (non-hydrogen) atoms. The third-order valence-electron chi connectivity index (χ3n) is 5.45. The SMILES string of the molecule is O=C1CC(C(=O)N2CCCc3ccccc32)CN1CCc1ccccc1. The summed E-state index contributed by atoms with van der Waals surface area (Å²) in [7, 11) is 0. The number of para-hydroxylation sites is 1. The van der Waals surface area contributed by atoms with E-state index in [2.05, 4.69) is 18.2 Å². The van der Waals surface area contributed by atoms with Crippen LogP contribution in [0.5, 0.6) is 0 Å². The highest BCUT2D eigenvalue weighted by Crippen LogP contribution is 2.30. The molecule has 2 aromatic carbocycles. The number of carbonyl (C=O) groups is 2. The quantitative estimate of drug-likeness (QED) is 0.852. The van der Waals surface area contributed by atoms with Gasteiger partial charge in [-0.1, -0.05) is 48.5 Å². The van der Waals surface area contributed by atoms with E-state index in [4.69, 9.17) is 0 Å². The van der Waals surface area contributed by atoms with Gasteiger partial charge in [0.25, 0.3) is 0 Å². The average Bonchev–Trinajstić information content (AvgIpc) is 3.07. The highest BCUT2D eigenvalue weighted by molar-refractivity contribution is 5.99. The number of nitrogens with zero attached hydrogens (tertiary/aromatic N) is 2. The largest absolute Gasteiger partial charge is 0.342 e. The van der Waals surface area contributed by atoms with Gasteiger partial charge in [-0.3, -0.25) is 9.59 Å². The lowest BCUT2D eigenvalue weighted by Gasteiger charge is -2.31. The monoisotopic (exact) mass is 348 g/mol. The Morgan fingerprint density at radius 3 is 2.65 bits per heavy atom. The molecule has 2 amide bonds. The van der Waals surface area contributed by atoms with E-state index >= 15 is 0 Å². The summed E-state index contributed by atoms with van der Waals surface area (Å²) in [5, 5.41) is 0. The normalized spacial score (nSPS) is 19.5. The summed E-state index contributed by atoms with van der Waals surface area (Å²) in [6.45, 7) is 1.98. The van der Waals surface area contributed by atoms with E-state index in [9.17, 15) is 9.59 Å². The Hall–Kier alpha value is -2.62. The molecule has 0 spiro atoms. The van der Waals surface area contributed by atoms with E-state index in [0.717, 1.165) is 31.5 Å². The van der Waals surface area contributed by atoms with Crippen LogP contribution in [0.4, 0.5) is 5.69 Å². The maximum Gasteiger partial charge on any atom is 0.232 e. The molecular formula is C22H24N2O2. The van der Waals surface area contributed by atoms with Gasteiger partial charge in [0, 0.05) is 31.7 Å². The fourth-order valence-electron chi connectivity index (χ4n) is 4.05. The lowest BCUT2D eigenvalue weighted by Crippen LogP contribution is -2.40. The minimum Gasteiger partial charge on any atom is -0.342 e. The fourth-order valence-corrected chi connectivity index (χ4v) is 4.05. The predicted molar refractivity (Wildman–Crippen MR) is 102 cm³/mol. The van der Waals surface area contributed by atoms with Crippen molar-refractivity contribution in [2.24, 2.45) is 5.92 Å². The Balaban J connectivity index is 1.41. The molecule has 1 atom stereocenters. The van der Waals surface area contributed by atoms with Crippen LogP contribution >= 0.6 is 0 Å². The molecule has 4 rings (SSSR count). The molecule has 2 aliphatic heterocycles. The van der Waals surface area contributed by atoms with E-state index < -0.39 is 0 Å². The maximum atomic E-state index is 13.1. The molecule has 2 heterocycles. The molecule has 1 saturated heterocycles. The van der Waals surface area contributed by atoms with E-state index in [-0.39, 0.29) is 17.7 Å². The number of likely N-dealkylation sites (tertiary alicyclic amines) is 1. The second-order valence-electron chi connectivity index (χ2n) is 7.20. The van der Waals surface area contributed by atoms with Gasteiger partial charge in [0.05, 0.1) is 5.92 Å². The van der Waals surface area contributed by atoms with Gasteiger partial charge in [-0.15, -0.1) is 0 Å². The molecule has 2 aliphatic rings. The van der Waals surface area contributed by atoms with Gasteiger partial charge in [-0.2, -0.15) is 0 Å². The van der Waals surface area contributed by atoms with Crippen LogP contribution in [0.3, 0.4) is 0 Å². The van der Waals surface area contributed by atoms with Crippen molar-refractivity contribution in [2.75, 3.05) is 24.5 Å². The lowest BCUT2D eigenvalue weighted by atomic mass is 9.99. The van der Waals surface area contributed by atoms with E-state index in [1.54, 1.807) is 0 Å². The second kappa shape index (κ2) is 7.32. The molecular weight excluding hydrogens is 324 g/mol. The van der Waals surface area contributed by atoms with E-state index in [0.29, 0.717) is 19.5 Å². The van der Waals surface area contributed by atoms with E-state index in [1.165, 1.54) is 11.1 Å². The molecule has 2 aromatic rings. The van der Waals surface area contributed by atoms with Crippen LogP contribution in [-0.2, 0) is 22.4 Å². The Morgan fingerprint density at radius 1 is 1.04 bits per heavy atom. The maximum absolute atomic E-state index is 13.1. The molecule has 1 unspecified atom stereocenters. The van der Waals surface area contributed by atoms with Gasteiger partial charge in [0.1, 0.15) is 0 Å². The third kappa shape index (κ3) is 3.36. The molecule has 1 fully saturated rings. The lowest BCUT2D eigenvalue weighted by molar-refractivity contribution is -0.128. The summed E-state index contributed by atoms with van der Waals surface area (Å²) in [4.78, 5) is 29.2. The van der Waals surface area contributed by atoms with Crippen molar-refractivity contribution < 1.29 is 9.59 Å². The fraction of sp³-hybridized carbons (Fsp3) is 0.364. The first kappa shape index (κ1) is 16.8. The number of rotatable bonds is 4. The molecule has 0 N–H and O–H groups in total. The van der Waals surface area contributed by atoms with Crippen LogP contribution in [0.15, 0.2) is 54.6 Å². The number of anilines is 1. The van der Waals surface area contributed by atoms with Crippen molar-refractivity contribution in [3.8, 4) is 0 Å². The molecule has 0 bridgehead atoms. The topological polar surface area (TPSA) is 40.6 Å². The van der Waals surface area contributed by atoms with Crippen LogP contribution in [-0.4, -0.2) is 36.3 Å². The number of carbonyl (C=O) groups excluding carboxylic acids is 2. The van der Waals surface area contributed by atoms with Crippen LogP contribution in [0.1, 0.15) is 24.0 Å². The third-order valence-corrected chi connectivity index (χ3v) is 5.45. The van der Waals surface area contributed by atoms with Gasteiger partial charge in [-0.05, 0) is 36.5 Å². The van der Waals surface area contributed by atoms with Crippen LogP contribution in [0, 0.1) is 5.92 Å². The summed E-state index contributed by atoms with van der Waals surface area (Å²) in [5.41, 5.74) is 3.48. The molecule has 4 nitrogen and oxygen atoms in total. The van der Waals surface area contributed by atoms with Crippen molar-refractivity contribution in [1.82, 2.24) is 4.90 Å². The molecule has 4 heteroatoms. The number of amides is 2. The molecule has 0 radical (unpaired) electrons. The van der Waals surface area contributed by atoms with Crippen molar-refractivity contribution in [2.45, 2.75) is 25.7 Å². The highest BCUT2D eigenvalue weighted by Gasteiger charge is 2.37. The molecule has 0 aromatic heterocycles. The minimum absolute atomic E-state index is 0.101. The van der Waals surface area contributed by atoms with Gasteiger partial charge in [0.2, 0.25) is 11.8 Å². The number of benzene rings is 2. The predicted octanol–water partition coefficient (Wildman–Crippen LogP) is 3.06. The van der Waals surface area contributed by atoms with Crippen LogP contribution < -0.4 is 4.90 Å². The zero-order valence-electron chi connectivity index (χ0n) is 14.9. The summed E-state index contributed by atoms with van der Waals surface area (Å²) in [6, 6.07) is 18.3. The van der Waals surface area contributed by atoms with Gasteiger partial charge < -0.3 is 9.80 Å². The Bertz CT molecular complexity index is 803. The van der Waals surface area contributed by atoms with Gasteiger partial charge in [-0.25, -0.2) is 0 Å². The Morgan fingerprint density at radius 2 is 1.81 bits per heavy atom. The summed E-state index contributed by atoms with van der Waals surface area (Å²) >= 11 is 0. The second-order valence-corrected chi connectivity index (χ2v) is 7.20. The Labute approximate surface area is 154 Å². The summed E-state index contributed by atoms with van der Waals surface area (Å²) < 4.78 is 0. The first-order valence-electron chi connectivity index (χ1n) is 9.43. The van der Waals surface area contributed by atoms with Crippen molar-refractivity contribution in [3.05, 3.63) is 65.7 Å². The zero-order chi connectivity index (χ0) is 17.9. The molecule has 0 aliphatic carbocycles. The standard InChI is InChI=1S/C22H24N2O2/c25-21-15-19(16-23(21)14-12-17-7-2-1-3-8-17)22(26)24-13-6-10-18-9-4-5-11-20(18)24/h1-5,7-9,11,19H,6,10,12-16H2. The summed E-state index contributed by atoms with van der Waals surface area (Å²) in [5.74, 6) is -0.0123. The minimum atomic E-state index is -0.218. The van der Waals surface area contributed by atoms with Gasteiger partial charge in [0.15, 0.2) is 0 Å². The van der Waals surface area contributed by atoms with Crippen LogP contribution in [0.25, 0.3) is 0 Å². The number of fused-ring (bicyclic) bond motifs is 1. The van der Waals surface area contributed by atoms with Gasteiger partial charge >= 0.3 is 0 Å². The molecule has 134 valence electrons. The Kier molecular flexibility index (Phi) is 4.74. The van der Waals surface area contributed by atoms with Crippen LogP contribution in [0.2, 0.25) is 0 Å². The summed E-state index contributed by atoms with van der Waals surface area (Å²) in [6.07, 6.45) is 3.18.